The van der Waals surface area contributed by atoms with Gasteiger partial charge >= 0.3 is 5.97 Å². The van der Waals surface area contributed by atoms with Crippen LogP contribution in [0.2, 0.25) is 0 Å². The minimum atomic E-state index is -1.92. The van der Waals surface area contributed by atoms with Crippen molar-refractivity contribution in [3.63, 3.8) is 0 Å². The smallest absolute Gasteiger partial charge is 0.316 e. The van der Waals surface area contributed by atoms with Crippen LogP contribution < -0.4 is 5.73 Å². The third kappa shape index (κ3) is 11.8. The summed E-state index contributed by atoms with van der Waals surface area (Å²) in [5, 5.41) is 60.1. The molecule has 1 aromatic heterocycles. The fourth-order valence-corrected chi connectivity index (χ4v) is 10.1. The number of carbonyl (C=O) groups excluding carboxylic acids is 2. The van der Waals surface area contributed by atoms with Crippen LogP contribution in [0.25, 0.3) is 0 Å². The number of nitrogens with two attached hydrogens (primary N) is 1. The highest BCUT2D eigenvalue weighted by Crippen LogP contribution is 2.43. The number of rotatable bonds is 13. The van der Waals surface area contributed by atoms with Gasteiger partial charge in [-0.15, -0.1) is 5.10 Å². The number of likely N-dealkylation sites (N-methyl/N-ethyl adjacent to an activating group) is 1. The molecule has 4 heterocycles. The van der Waals surface area contributed by atoms with Gasteiger partial charge in [0.2, 0.25) is 0 Å². The molecule has 5 N–H and O–H groups in total. The van der Waals surface area contributed by atoms with Gasteiger partial charge in [-0.3, -0.25) is 24.4 Å². The number of hydrogen-bond donors (Lipinski definition) is 4. The van der Waals surface area contributed by atoms with Crippen LogP contribution in [0.3, 0.4) is 0 Å². The van der Waals surface area contributed by atoms with E-state index in [4.69, 9.17) is 34.7 Å². The highest BCUT2D eigenvalue weighted by atomic mass is 16.7. The number of fused-ring (bicyclic) bond motifs is 2. The van der Waals surface area contributed by atoms with Gasteiger partial charge in [-0.1, -0.05) is 43.3 Å². The van der Waals surface area contributed by atoms with E-state index >= 15 is 0 Å². The van der Waals surface area contributed by atoms with Crippen LogP contribution in [0.5, 0.6) is 0 Å². The predicted octanol–water partition coefficient (Wildman–Crippen LogP) is 3.52. The second kappa shape index (κ2) is 21.3. The molecule has 362 valence electrons. The number of nitro groups is 1. The molecule has 19 nitrogen and oxygen atoms in total. The van der Waals surface area contributed by atoms with Crippen molar-refractivity contribution in [1.29, 1.82) is 0 Å². The van der Waals surface area contributed by atoms with Crippen molar-refractivity contribution in [1.82, 2.24) is 19.9 Å². The van der Waals surface area contributed by atoms with E-state index in [1.54, 1.807) is 37.6 Å². The summed E-state index contributed by atoms with van der Waals surface area (Å²) < 4.78 is 27.3. The highest BCUT2D eigenvalue weighted by molar-refractivity contribution is 6.00. The Balaban J connectivity index is 1.20. The van der Waals surface area contributed by atoms with Gasteiger partial charge in [0.1, 0.15) is 29.8 Å². The number of hydrogen-bond acceptors (Lipinski definition) is 17. The summed E-state index contributed by atoms with van der Waals surface area (Å²) in [5.41, 5.74) is 5.27. The number of aliphatic hydroxyl groups excluding tert-OH is 2. The Bertz CT molecular complexity index is 1960. The summed E-state index contributed by atoms with van der Waals surface area (Å²) in [5.74, 6) is -4.74. The summed E-state index contributed by atoms with van der Waals surface area (Å²) in [6.07, 6.45) is 0.524. The second-order valence-electron chi connectivity index (χ2n) is 19.4. The minimum Gasteiger partial charge on any atom is -0.459 e. The lowest BCUT2D eigenvalue weighted by Gasteiger charge is -2.46. The van der Waals surface area contributed by atoms with Crippen LogP contribution >= 0.6 is 0 Å². The van der Waals surface area contributed by atoms with Gasteiger partial charge in [0.05, 0.1) is 46.8 Å². The van der Waals surface area contributed by atoms with E-state index < -0.39 is 88.3 Å². The summed E-state index contributed by atoms with van der Waals surface area (Å²) in [7, 11) is 1.91. The van der Waals surface area contributed by atoms with Crippen molar-refractivity contribution >= 4 is 23.2 Å². The average Bonchev–Trinajstić information content (AvgIpc) is 3.92. The first kappa shape index (κ1) is 50.5. The van der Waals surface area contributed by atoms with Crippen LogP contribution in [-0.2, 0) is 52.8 Å². The molecule has 1 aromatic carbocycles. The van der Waals surface area contributed by atoms with Crippen molar-refractivity contribution in [3.8, 4) is 0 Å². The normalized spacial score (nSPS) is 38.1. The molecule has 65 heavy (non-hydrogen) atoms. The fourth-order valence-electron chi connectivity index (χ4n) is 10.1. The SMILES string of the molecule is CC[C@H]1OC(=O)[C@H](C)C(=O)[C@H](C)[C@@H](O[C@@H]2O[C@H](C)C[C@H](N(C)CCc3cn(CCc4ccc([N+](=O)[O-])cc4)nn3)[C@H]2O)[C@@]2(C)C[C@@H](CO2)/C(=N\O[C@H]2CC[C@@H](N)CC2)[C@H](C)[C@@H](O)[C@]1(C)O. The third-order valence-electron chi connectivity index (χ3n) is 14.4. The average molecular weight is 914 g/mol. The molecule has 0 spiro atoms. The zero-order valence-corrected chi connectivity index (χ0v) is 39.2. The summed E-state index contributed by atoms with van der Waals surface area (Å²) >= 11 is 0. The first-order valence-electron chi connectivity index (χ1n) is 23.3. The number of benzene rings is 1. The van der Waals surface area contributed by atoms with Gasteiger partial charge in [0.25, 0.3) is 5.69 Å². The molecule has 0 radical (unpaired) electrons. The lowest BCUT2D eigenvalue weighted by molar-refractivity contribution is -0.384. The lowest BCUT2D eigenvalue weighted by atomic mass is 9.75. The van der Waals surface area contributed by atoms with E-state index in [1.807, 2.05) is 32.0 Å². The molecule has 0 unspecified atom stereocenters. The number of esters is 1. The number of cyclic esters (lactones) is 1. The van der Waals surface area contributed by atoms with Gasteiger partial charge in [0.15, 0.2) is 12.1 Å². The number of ketones is 1. The number of oxime groups is 1. The number of nitro benzene ring substituents is 1. The largest absolute Gasteiger partial charge is 0.459 e. The van der Waals surface area contributed by atoms with Crippen LogP contribution in [-0.4, -0.2) is 144 Å². The Labute approximate surface area is 381 Å². The molecule has 3 aliphatic heterocycles. The van der Waals surface area contributed by atoms with Crippen molar-refractivity contribution in [2.24, 2.45) is 34.6 Å². The molecule has 6 rings (SSSR count). The van der Waals surface area contributed by atoms with E-state index in [0.717, 1.165) is 36.9 Å². The van der Waals surface area contributed by atoms with E-state index in [-0.39, 0.29) is 43.4 Å². The maximum Gasteiger partial charge on any atom is 0.316 e. The van der Waals surface area contributed by atoms with Gasteiger partial charge in [-0.25, -0.2) is 0 Å². The number of aryl methyl sites for hydroxylation is 2. The molecule has 0 amide bonds. The number of aliphatic hydroxyl groups is 3. The van der Waals surface area contributed by atoms with Gasteiger partial charge in [0, 0.05) is 67.7 Å². The summed E-state index contributed by atoms with van der Waals surface area (Å²) in [6, 6.07) is 6.13. The predicted molar refractivity (Wildman–Crippen MR) is 237 cm³/mol. The first-order chi connectivity index (χ1) is 30.7. The Hall–Kier alpha value is -3.95. The first-order valence-corrected chi connectivity index (χ1v) is 23.3. The van der Waals surface area contributed by atoms with E-state index in [1.165, 1.54) is 26.0 Å². The van der Waals surface area contributed by atoms with Gasteiger partial charge in [-0.05, 0) is 91.7 Å². The van der Waals surface area contributed by atoms with E-state index in [9.17, 15) is 35.0 Å². The second-order valence-corrected chi connectivity index (χ2v) is 19.4. The van der Waals surface area contributed by atoms with Crippen LogP contribution in [0.15, 0.2) is 35.6 Å². The van der Waals surface area contributed by atoms with Crippen molar-refractivity contribution in [2.45, 2.75) is 179 Å². The van der Waals surface area contributed by atoms with Crippen molar-refractivity contribution in [2.75, 3.05) is 20.2 Å². The minimum absolute atomic E-state index is 0.0406. The molecule has 1 saturated carbocycles. The zero-order valence-electron chi connectivity index (χ0n) is 39.2. The summed E-state index contributed by atoms with van der Waals surface area (Å²) in [6.45, 7) is 13.0. The van der Waals surface area contributed by atoms with Crippen LogP contribution in [0, 0.1) is 33.8 Å². The Morgan fingerprint density at radius 2 is 1.75 bits per heavy atom. The van der Waals surface area contributed by atoms with Crippen molar-refractivity contribution in [3.05, 3.63) is 51.8 Å². The molecule has 1 aliphatic carbocycles. The topological polar surface area (TPSA) is 256 Å². The van der Waals surface area contributed by atoms with Crippen LogP contribution in [0.1, 0.15) is 105 Å². The van der Waals surface area contributed by atoms with E-state index in [2.05, 4.69) is 10.3 Å². The maximum absolute atomic E-state index is 14.4. The maximum atomic E-state index is 14.4. The molecule has 4 aliphatic rings. The molecular formula is C46H71N7O12. The van der Waals surface area contributed by atoms with Gasteiger partial charge < -0.3 is 49.7 Å². The Kier molecular flexibility index (Phi) is 16.6. The number of non-ortho nitro benzene ring substituents is 1. The standard InChI is InChI=1S/C46H71N7O12/c1-9-37-46(7,58)41(56)27(3)38(49-65-35-16-12-32(47)13-17-35)31-23-45(6,61-25-31)42(28(4)39(54)29(5)43(57)63-37)64-44-40(55)36(22-26(2)62-44)51(8)20-19-33-24-52(50-48-33)21-18-30-10-14-34(15-11-30)53(59)60/h10-11,14-15,24,26-29,31-32,35-37,40-42,44,55-56,58H,9,12-13,16-23,25,47H2,1-8H3/b49-38-/t26-,27+,28+,29-,31+,32-,35+,36+,37-,40-,41-,42-,44+,45-,46-/m1/s1. The lowest BCUT2D eigenvalue weighted by Crippen LogP contribution is -2.59. The number of carbonyl (C=O) groups is 2. The molecule has 19 heteroatoms. The zero-order chi connectivity index (χ0) is 47.4. The monoisotopic (exact) mass is 914 g/mol. The number of Topliss-reactive ketones (excluding diaryl/α,β-unsaturated/α-hetero) is 1. The quantitative estimate of drug-likeness (QED) is 0.0971. The van der Waals surface area contributed by atoms with E-state index in [0.29, 0.717) is 38.1 Å². The number of aromatic nitrogens is 3. The molecule has 4 fully saturated rings. The summed E-state index contributed by atoms with van der Waals surface area (Å²) in [4.78, 5) is 46.9. The highest BCUT2D eigenvalue weighted by Gasteiger charge is 2.55. The number of ether oxygens (including phenoxy) is 4. The molecule has 3 saturated heterocycles. The van der Waals surface area contributed by atoms with Gasteiger partial charge in [-0.2, -0.15) is 0 Å². The molecule has 2 bridgehead atoms. The molecule has 13 atom stereocenters. The fraction of sp³-hybridized carbons (Fsp3) is 0.761. The van der Waals surface area contributed by atoms with Crippen molar-refractivity contribution < 1.29 is 53.6 Å². The molecule has 2 aromatic rings. The number of nitrogens with zero attached hydrogens (tertiary/aromatic N) is 6. The van der Waals surface area contributed by atoms with Crippen LogP contribution in [0.4, 0.5) is 5.69 Å². The Morgan fingerprint density at radius 1 is 1.06 bits per heavy atom. The Morgan fingerprint density at radius 3 is 2.42 bits per heavy atom. The molecular weight excluding hydrogens is 843 g/mol. The third-order valence-corrected chi connectivity index (χ3v) is 14.4.